The van der Waals surface area contributed by atoms with E-state index >= 15 is 0 Å². The van der Waals surface area contributed by atoms with Gasteiger partial charge in [-0.2, -0.15) is 0 Å². The van der Waals surface area contributed by atoms with Crippen LogP contribution in [0, 0.1) is 0 Å². The first-order valence-corrected chi connectivity index (χ1v) is 7.96. The van der Waals surface area contributed by atoms with E-state index < -0.39 is 6.10 Å². The molecule has 126 valence electrons. The molecule has 1 fully saturated rings. The second kappa shape index (κ2) is 11.3. The first kappa shape index (κ1) is 18.8. The van der Waals surface area contributed by atoms with Crippen LogP contribution in [-0.4, -0.2) is 99.9 Å². The van der Waals surface area contributed by atoms with E-state index in [-0.39, 0.29) is 6.10 Å². The van der Waals surface area contributed by atoms with Gasteiger partial charge in [0.15, 0.2) is 0 Å². The Hall–Kier alpha value is -0.240. The van der Waals surface area contributed by atoms with Crippen molar-refractivity contribution in [2.75, 3.05) is 72.8 Å². The number of hydrogen-bond donors (Lipinski definition) is 1. The minimum absolute atomic E-state index is 0.0278. The lowest BCUT2D eigenvalue weighted by Crippen LogP contribution is -2.49. The molecule has 21 heavy (non-hydrogen) atoms. The van der Waals surface area contributed by atoms with Crippen molar-refractivity contribution in [3.63, 3.8) is 0 Å². The molecule has 1 heterocycles. The van der Waals surface area contributed by atoms with Crippen LogP contribution in [0.2, 0.25) is 0 Å². The Morgan fingerprint density at radius 2 is 1.76 bits per heavy atom. The highest BCUT2D eigenvalue weighted by Gasteiger charge is 2.19. The summed E-state index contributed by atoms with van der Waals surface area (Å²) in [5.41, 5.74) is 0. The summed E-state index contributed by atoms with van der Waals surface area (Å²) in [5.74, 6) is 0. The quantitative estimate of drug-likeness (QED) is 0.545. The third-order valence-corrected chi connectivity index (χ3v) is 3.66. The van der Waals surface area contributed by atoms with Crippen molar-refractivity contribution in [2.45, 2.75) is 26.1 Å². The molecule has 0 spiro atoms. The zero-order valence-corrected chi connectivity index (χ0v) is 13.8. The smallest absolute Gasteiger partial charge is 0.0900 e. The van der Waals surface area contributed by atoms with Crippen LogP contribution in [0.15, 0.2) is 0 Å². The molecule has 1 saturated heterocycles. The molecule has 0 aromatic carbocycles. The number of hydrogen-bond acceptors (Lipinski definition) is 6. The van der Waals surface area contributed by atoms with Crippen molar-refractivity contribution in [3.8, 4) is 0 Å². The van der Waals surface area contributed by atoms with E-state index in [0.717, 1.165) is 45.9 Å². The Labute approximate surface area is 128 Å². The van der Waals surface area contributed by atoms with Gasteiger partial charge in [0, 0.05) is 53.0 Å². The summed E-state index contributed by atoms with van der Waals surface area (Å²) in [6, 6.07) is 0. The molecule has 2 atom stereocenters. The lowest BCUT2D eigenvalue weighted by molar-refractivity contribution is -0.0430. The van der Waals surface area contributed by atoms with E-state index in [1.807, 2.05) is 13.8 Å². The average Bonchev–Trinajstić information content (AvgIpc) is 2.48. The van der Waals surface area contributed by atoms with Crippen LogP contribution in [0.1, 0.15) is 13.8 Å². The standard InChI is InChI=1S/C15H32N2O4/c1-4-20-10-9-16-5-7-17(8-6-16)11-15(18)13-21-14(2)12-19-3/h14-15,18H,4-13H2,1-3H3/t14-,15-/m0/s1. The Morgan fingerprint density at radius 1 is 1.10 bits per heavy atom. The number of β-amino-alcohol motifs (C(OH)–C–C–N with tert-alkyl or cyclic N) is 1. The van der Waals surface area contributed by atoms with Crippen molar-refractivity contribution in [1.82, 2.24) is 9.80 Å². The molecule has 1 aliphatic heterocycles. The van der Waals surface area contributed by atoms with E-state index in [2.05, 4.69) is 9.80 Å². The predicted octanol–water partition coefficient (Wildman–Crippen LogP) is 0.0529. The maximum atomic E-state index is 10.0. The first-order valence-electron chi connectivity index (χ1n) is 7.96. The van der Waals surface area contributed by atoms with E-state index in [4.69, 9.17) is 14.2 Å². The van der Waals surface area contributed by atoms with Gasteiger partial charge >= 0.3 is 0 Å². The zero-order valence-electron chi connectivity index (χ0n) is 13.8. The van der Waals surface area contributed by atoms with Crippen LogP contribution in [-0.2, 0) is 14.2 Å². The van der Waals surface area contributed by atoms with E-state index in [9.17, 15) is 5.11 Å². The van der Waals surface area contributed by atoms with Crippen LogP contribution in [0.4, 0.5) is 0 Å². The summed E-state index contributed by atoms with van der Waals surface area (Å²) in [7, 11) is 1.65. The van der Waals surface area contributed by atoms with Gasteiger partial charge in [-0.1, -0.05) is 0 Å². The van der Waals surface area contributed by atoms with E-state index in [1.54, 1.807) is 7.11 Å². The fourth-order valence-electron chi connectivity index (χ4n) is 2.44. The Morgan fingerprint density at radius 3 is 2.38 bits per heavy atom. The molecule has 0 amide bonds. The third kappa shape index (κ3) is 8.70. The molecule has 1 rings (SSSR count). The summed E-state index contributed by atoms with van der Waals surface area (Å²) >= 11 is 0. The summed E-state index contributed by atoms with van der Waals surface area (Å²) in [5, 5.41) is 10.0. The maximum Gasteiger partial charge on any atom is 0.0900 e. The van der Waals surface area contributed by atoms with Crippen molar-refractivity contribution < 1.29 is 19.3 Å². The number of aliphatic hydroxyl groups is 1. The number of rotatable bonds is 11. The molecule has 0 bridgehead atoms. The topological polar surface area (TPSA) is 54.4 Å². The van der Waals surface area contributed by atoms with Gasteiger partial charge in [0.05, 0.1) is 32.0 Å². The second-order valence-electron chi connectivity index (χ2n) is 5.59. The highest BCUT2D eigenvalue weighted by Crippen LogP contribution is 2.04. The van der Waals surface area contributed by atoms with Crippen molar-refractivity contribution in [3.05, 3.63) is 0 Å². The van der Waals surface area contributed by atoms with Crippen LogP contribution < -0.4 is 0 Å². The highest BCUT2D eigenvalue weighted by atomic mass is 16.5. The molecule has 0 aromatic rings. The lowest BCUT2D eigenvalue weighted by Gasteiger charge is -2.35. The molecular weight excluding hydrogens is 272 g/mol. The summed E-state index contributed by atoms with van der Waals surface area (Å²) in [4.78, 5) is 4.71. The number of aliphatic hydroxyl groups excluding tert-OH is 1. The average molecular weight is 304 g/mol. The Bertz CT molecular complexity index is 248. The van der Waals surface area contributed by atoms with E-state index in [0.29, 0.717) is 19.8 Å². The largest absolute Gasteiger partial charge is 0.389 e. The molecule has 6 nitrogen and oxygen atoms in total. The lowest BCUT2D eigenvalue weighted by atomic mass is 10.2. The molecular formula is C15H32N2O4. The molecule has 0 unspecified atom stereocenters. The van der Waals surface area contributed by atoms with Gasteiger partial charge in [-0.15, -0.1) is 0 Å². The maximum absolute atomic E-state index is 10.0. The zero-order chi connectivity index (χ0) is 15.5. The Balaban J connectivity index is 2.08. The van der Waals surface area contributed by atoms with Gasteiger partial charge in [-0.05, 0) is 13.8 Å². The van der Waals surface area contributed by atoms with Crippen molar-refractivity contribution in [2.24, 2.45) is 0 Å². The number of nitrogens with zero attached hydrogens (tertiary/aromatic N) is 2. The molecule has 0 aromatic heterocycles. The number of methoxy groups -OCH3 is 1. The Kier molecular flexibility index (Phi) is 10.2. The fourth-order valence-corrected chi connectivity index (χ4v) is 2.44. The minimum Gasteiger partial charge on any atom is -0.389 e. The summed E-state index contributed by atoms with van der Waals surface area (Å²) < 4.78 is 15.9. The van der Waals surface area contributed by atoms with Gasteiger partial charge in [0.2, 0.25) is 0 Å². The number of ether oxygens (including phenoxy) is 3. The molecule has 0 radical (unpaired) electrons. The summed E-state index contributed by atoms with van der Waals surface area (Å²) in [6.07, 6.45) is -0.403. The summed E-state index contributed by atoms with van der Waals surface area (Å²) in [6.45, 7) is 12.3. The predicted molar refractivity (Wildman–Crippen MR) is 82.7 cm³/mol. The van der Waals surface area contributed by atoms with Gasteiger partial charge in [-0.3, -0.25) is 9.80 Å². The molecule has 1 aliphatic rings. The van der Waals surface area contributed by atoms with E-state index in [1.165, 1.54) is 0 Å². The van der Waals surface area contributed by atoms with Gasteiger partial charge in [0.25, 0.3) is 0 Å². The van der Waals surface area contributed by atoms with Gasteiger partial charge < -0.3 is 19.3 Å². The van der Waals surface area contributed by atoms with Gasteiger partial charge in [0.1, 0.15) is 0 Å². The second-order valence-corrected chi connectivity index (χ2v) is 5.59. The first-order chi connectivity index (χ1) is 10.2. The van der Waals surface area contributed by atoms with Crippen LogP contribution in [0.25, 0.3) is 0 Å². The molecule has 1 N–H and O–H groups in total. The highest BCUT2D eigenvalue weighted by molar-refractivity contribution is 4.74. The third-order valence-electron chi connectivity index (χ3n) is 3.66. The normalized spacial score (nSPS) is 20.6. The van der Waals surface area contributed by atoms with Crippen LogP contribution in [0.3, 0.4) is 0 Å². The SMILES string of the molecule is CCOCCN1CCN(C[C@H](O)CO[C@@H](C)COC)CC1. The monoisotopic (exact) mass is 304 g/mol. The van der Waals surface area contributed by atoms with Crippen molar-refractivity contribution in [1.29, 1.82) is 0 Å². The molecule has 0 saturated carbocycles. The fraction of sp³-hybridized carbons (Fsp3) is 1.00. The van der Waals surface area contributed by atoms with Crippen LogP contribution in [0.5, 0.6) is 0 Å². The van der Waals surface area contributed by atoms with Crippen LogP contribution >= 0.6 is 0 Å². The van der Waals surface area contributed by atoms with Crippen molar-refractivity contribution >= 4 is 0 Å². The number of piperazine rings is 1. The van der Waals surface area contributed by atoms with Gasteiger partial charge in [-0.25, -0.2) is 0 Å². The molecule has 6 heteroatoms. The molecule has 0 aliphatic carbocycles. The minimum atomic E-state index is -0.431.